The van der Waals surface area contributed by atoms with Crippen LogP contribution in [0.25, 0.3) is 0 Å². The van der Waals surface area contributed by atoms with Crippen molar-refractivity contribution in [2.75, 3.05) is 39.0 Å². The lowest BCUT2D eigenvalue weighted by atomic mass is 9.95. The summed E-state index contributed by atoms with van der Waals surface area (Å²) in [6, 6.07) is 8.58. The zero-order chi connectivity index (χ0) is 21.8. The normalized spacial score (nSPS) is 20.8. The third kappa shape index (κ3) is 8.26. The van der Waals surface area contributed by atoms with Gasteiger partial charge in [0.2, 0.25) is 0 Å². The predicted molar refractivity (Wildman–Crippen MR) is 128 cm³/mol. The second kappa shape index (κ2) is 13.7. The summed E-state index contributed by atoms with van der Waals surface area (Å²) in [6.45, 7) is 10.8. The monoisotopic (exact) mass is 436 g/mol. The zero-order valence-electron chi connectivity index (χ0n) is 19.2. The van der Waals surface area contributed by atoms with Crippen molar-refractivity contribution in [3.05, 3.63) is 29.8 Å². The molecular formula is C23H40N4O2S. The van der Waals surface area contributed by atoms with Crippen LogP contribution in [-0.2, 0) is 17.3 Å². The summed E-state index contributed by atoms with van der Waals surface area (Å²) >= 11 is 0. The Labute approximate surface area is 185 Å². The molecule has 1 aliphatic rings. The van der Waals surface area contributed by atoms with E-state index < -0.39 is 10.8 Å². The molecule has 1 aromatic carbocycles. The second-order valence-corrected chi connectivity index (χ2v) is 9.75. The Morgan fingerprint density at radius 1 is 1.20 bits per heavy atom. The number of hydrogen-bond donors (Lipinski definition) is 2. The lowest BCUT2D eigenvalue weighted by Gasteiger charge is -2.30. The van der Waals surface area contributed by atoms with Gasteiger partial charge in [-0.05, 0) is 50.0 Å². The SMILES string of the molecule is CCN(CC)CCOc1ccc(CNC(=NC)NC2CCCC(S(=O)CC)C2)cc1. The molecule has 0 aromatic heterocycles. The predicted octanol–water partition coefficient (Wildman–Crippen LogP) is 3.15. The number of nitrogens with zero attached hydrogens (tertiary/aromatic N) is 2. The lowest BCUT2D eigenvalue weighted by molar-refractivity contribution is 0.223. The number of benzene rings is 1. The highest BCUT2D eigenvalue weighted by molar-refractivity contribution is 7.85. The van der Waals surface area contributed by atoms with Crippen molar-refractivity contribution in [2.24, 2.45) is 4.99 Å². The summed E-state index contributed by atoms with van der Waals surface area (Å²) in [5, 5.41) is 7.23. The van der Waals surface area contributed by atoms with Gasteiger partial charge in [-0.2, -0.15) is 0 Å². The van der Waals surface area contributed by atoms with Gasteiger partial charge in [-0.25, -0.2) is 0 Å². The average molecular weight is 437 g/mol. The van der Waals surface area contributed by atoms with E-state index in [0.717, 1.165) is 62.8 Å². The topological polar surface area (TPSA) is 66.0 Å². The highest BCUT2D eigenvalue weighted by atomic mass is 32.2. The summed E-state index contributed by atoms with van der Waals surface area (Å²) in [5.41, 5.74) is 1.18. The van der Waals surface area contributed by atoms with Crippen molar-refractivity contribution in [1.82, 2.24) is 15.5 Å². The Morgan fingerprint density at radius 2 is 1.93 bits per heavy atom. The van der Waals surface area contributed by atoms with Gasteiger partial charge in [0.05, 0.1) is 0 Å². The third-order valence-corrected chi connectivity index (χ3v) is 7.54. The highest BCUT2D eigenvalue weighted by Crippen LogP contribution is 2.23. The lowest BCUT2D eigenvalue weighted by Crippen LogP contribution is -2.46. The summed E-state index contributed by atoms with van der Waals surface area (Å²) in [4.78, 5) is 6.72. The van der Waals surface area contributed by atoms with E-state index in [0.29, 0.717) is 24.4 Å². The fraction of sp³-hybridized carbons (Fsp3) is 0.696. The summed E-state index contributed by atoms with van der Waals surface area (Å²) in [5.74, 6) is 2.47. The van der Waals surface area contributed by atoms with Crippen molar-refractivity contribution < 1.29 is 8.95 Å². The smallest absolute Gasteiger partial charge is 0.191 e. The van der Waals surface area contributed by atoms with Crippen molar-refractivity contribution in [3.63, 3.8) is 0 Å². The summed E-state index contributed by atoms with van der Waals surface area (Å²) in [7, 11) is 1.09. The Morgan fingerprint density at radius 3 is 2.57 bits per heavy atom. The van der Waals surface area contributed by atoms with E-state index in [1.54, 1.807) is 7.05 Å². The number of ether oxygens (including phenoxy) is 1. The van der Waals surface area contributed by atoms with E-state index in [2.05, 4.69) is 46.5 Å². The molecule has 170 valence electrons. The number of likely N-dealkylation sites (N-methyl/N-ethyl adjacent to an activating group) is 1. The largest absolute Gasteiger partial charge is 0.492 e. The van der Waals surface area contributed by atoms with Crippen LogP contribution in [0.15, 0.2) is 29.3 Å². The molecule has 2 rings (SSSR count). The van der Waals surface area contributed by atoms with E-state index >= 15 is 0 Å². The Hall–Kier alpha value is -1.60. The molecule has 0 bridgehead atoms. The van der Waals surface area contributed by atoms with Gasteiger partial charge in [-0.3, -0.25) is 9.20 Å². The van der Waals surface area contributed by atoms with Crippen LogP contribution in [0.5, 0.6) is 5.75 Å². The molecule has 6 nitrogen and oxygen atoms in total. The molecule has 0 amide bonds. The zero-order valence-corrected chi connectivity index (χ0v) is 20.0. The maximum atomic E-state index is 12.2. The first kappa shape index (κ1) is 24.7. The van der Waals surface area contributed by atoms with Gasteiger partial charge in [0.1, 0.15) is 12.4 Å². The quantitative estimate of drug-likeness (QED) is 0.412. The molecule has 1 aliphatic carbocycles. The molecule has 2 N–H and O–H groups in total. The van der Waals surface area contributed by atoms with Crippen LogP contribution in [0.2, 0.25) is 0 Å². The fourth-order valence-electron chi connectivity index (χ4n) is 3.86. The standard InChI is InChI=1S/C23H40N4O2S/c1-5-27(6-2)15-16-29-21-13-11-19(12-14-21)18-25-23(24-4)26-20-9-8-10-22(17-20)30(28)7-3/h11-14,20,22H,5-10,15-18H2,1-4H3,(H2,24,25,26). The molecule has 30 heavy (non-hydrogen) atoms. The summed E-state index contributed by atoms with van der Waals surface area (Å²) < 4.78 is 18.0. The molecule has 3 atom stereocenters. The number of hydrogen-bond acceptors (Lipinski definition) is 4. The third-order valence-electron chi connectivity index (χ3n) is 5.80. The van der Waals surface area contributed by atoms with Gasteiger partial charge in [-0.15, -0.1) is 0 Å². The molecule has 0 heterocycles. The highest BCUT2D eigenvalue weighted by Gasteiger charge is 2.25. The maximum absolute atomic E-state index is 12.2. The number of nitrogens with one attached hydrogen (secondary N) is 2. The van der Waals surface area contributed by atoms with Crippen molar-refractivity contribution in [2.45, 2.75) is 64.3 Å². The minimum atomic E-state index is -0.708. The van der Waals surface area contributed by atoms with E-state index in [4.69, 9.17) is 4.74 Å². The fourth-order valence-corrected chi connectivity index (χ4v) is 5.21. The molecule has 1 fully saturated rings. The first-order chi connectivity index (χ1) is 14.6. The molecule has 0 radical (unpaired) electrons. The number of guanidine groups is 1. The van der Waals surface area contributed by atoms with E-state index in [9.17, 15) is 4.21 Å². The van der Waals surface area contributed by atoms with Gasteiger partial charge in [0, 0.05) is 48.0 Å². The number of rotatable bonds is 11. The van der Waals surface area contributed by atoms with Gasteiger partial charge in [0.15, 0.2) is 5.96 Å². The second-order valence-electron chi connectivity index (χ2n) is 7.74. The van der Waals surface area contributed by atoms with Gasteiger partial charge < -0.3 is 20.3 Å². The van der Waals surface area contributed by atoms with Crippen LogP contribution >= 0.6 is 0 Å². The van der Waals surface area contributed by atoms with Crippen LogP contribution in [0, 0.1) is 0 Å². The Kier molecular flexibility index (Phi) is 11.2. The molecule has 0 spiro atoms. The van der Waals surface area contributed by atoms with Crippen LogP contribution in [0.1, 0.15) is 52.0 Å². The molecule has 7 heteroatoms. The van der Waals surface area contributed by atoms with Gasteiger partial charge >= 0.3 is 0 Å². The molecular weight excluding hydrogens is 396 g/mol. The minimum Gasteiger partial charge on any atom is -0.492 e. The minimum absolute atomic E-state index is 0.314. The molecule has 3 unspecified atom stereocenters. The van der Waals surface area contributed by atoms with E-state index in [-0.39, 0.29) is 0 Å². The average Bonchev–Trinajstić information content (AvgIpc) is 2.80. The molecule has 0 aliphatic heterocycles. The Balaban J connectivity index is 1.76. The van der Waals surface area contributed by atoms with Crippen LogP contribution in [0.4, 0.5) is 0 Å². The molecule has 1 saturated carbocycles. The van der Waals surface area contributed by atoms with Crippen molar-refractivity contribution >= 4 is 16.8 Å². The van der Waals surface area contributed by atoms with E-state index in [1.165, 1.54) is 5.56 Å². The van der Waals surface area contributed by atoms with Gasteiger partial charge in [-0.1, -0.05) is 39.3 Å². The van der Waals surface area contributed by atoms with E-state index in [1.807, 2.05) is 19.1 Å². The molecule has 1 aromatic rings. The van der Waals surface area contributed by atoms with Crippen molar-refractivity contribution in [1.29, 1.82) is 0 Å². The van der Waals surface area contributed by atoms with Crippen LogP contribution in [0.3, 0.4) is 0 Å². The Bertz CT molecular complexity index is 662. The number of aliphatic imine (C=N–C) groups is 1. The van der Waals surface area contributed by atoms with Crippen LogP contribution in [-0.4, -0.2) is 65.4 Å². The maximum Gasteiger partial charge on any atom is 0.191 e. The van der Waals surface area contributed by atoms with Gasteiger partial charge in [0.25, 0.3) is 0 Å². The first-order valence-electron chi connectivity index (χ1n) is 11.4. The van der Waals surface area contributed by atoms with Crippen molar-refractivity contribution in [3.8, 4) is 5.75 Å². The first-order valence-corrected chi connectivity index (χ1v) is 12.8. The summed E-state index contributed by atoms with van der Waals surface area (Å²) in [6.07, 6.45) is 4.27. The van der Waals surface area contributed by atoms with Crippen LogP contribution < -0.4 is 15.4 Å². The molecule has 0 saturated heterocycles.